The summed E-state index contributed by atoms with van der Waals surface area (Å²) in [5.41, 5.74) is 1.02. The lowest BCUT2D eigenvalue weighted by Gasteiger charge is -2.13. The number of aryl methyl sites for hydroxylation is 1. The summed E-state index contributed by atoms with van der Waals surface area (Å²) in [4.78, 5) is 8.39. The number of hydrogen-bond donors (Lipinski definition) is 1. The van der Waals surface area contributed by atoms with Crippen LogP contribution in [-0.4, -0.2) is 17.0 Å². The Labute approximate surface area is 78.9 Å². The lowest BCUT2D eigenvalue weighted by molar-refractivity contribution is 0.583. The maximum atomic E-state index is 4.34. The predicted octanol–water partition coefficient (Wildman–Crippen LogP) is 1.62. The van der Waals surface area contributed by atoms with Crippen LogP contribution < -0.4 is 5.32 Å². The lowest BCUT2D eigenvalue weighted by atomic mass is 10.1. The Kier molecular flexibility index (Phi) is 3.58. The van der Waals surface area contributed by atoms with E-state index in [1.54, 1.807) is 6.20 Å². The maximum Gasteiger partial charge on any atom is 0.125 e. The largest absolute Gasteiger partial charge is 0.311 e. The molecule has 1 rings (SSSR count). The smallest absolute Gasteiger partial charge is 0.125 e. The molecule has 0 bridgehead atoms. The van der Waals surface area contributed by atoms with Crippen LogP contribution in [0.1, 0.15) is 24.0 Å². The SMILES string of the molecule is C=CCC(NC)c1ccnc(C)n1. The van der Waals surface area contributed by atoms with Crippen LogP contribution in [0.5, 0.6) is 0 Å². The van der Waals surface area contributed by atoms with Crippen LogP contribution in [0.15, 0.2) is 24.9 Å². The molecule has 1 N–H and O–H groups in total. The highest BCUT2D eigenvalue weighted by Crippen LogP contribution is 2.13. The van der Waals surface area contributed by atoms with Crippen molar-refractivity contribution in [3.8, 4) is 0 Å². The summed E-state index contributed by atoms with van der Waals surface area (Å²) in [6.07, 6.45) is 4.55. The van der Waals surface area contributed by atoms with Gasteiger partial charge in [-0.3, -0.25) is 0 Å². The molecule has 0 saturated carbocycles. The highest BCUT2D eigenvalue weighted by atomic mass is 14.9. The van der Waals surface area contributed by atoms with E-state index >= 15 is 0 Å². The van der Waals surface area contributed by atoms with E-state index in [-0.39, 0.29) is 6.04 Å². The minimum absolute atomic E-state index is 0.249. The van der Waals surface area contributed by atoms with E-state index in [2.05, 4.69) is 21.9 Å². The summed E-state index contributed by atoms with van der Waals surface area (Å²) in [7, 11) is 1.92. The van der Waals surface area contributed by atoms with Crippen LogP contribution >= 0.6 is 0 Å². The second-order valence-corrected chi connectivity index (χ2v) is 2.89. The van der Waals surface area contributed by atoms with Crippen molar-refractivity contribution in [2.24, 2.45) is 0 Å². The Morgan fingerprint density at radius 3 is 3.00 bits per heavy atom. The fourth-order valence-electron chi connectivity index (χ4n) is 1.22. The number of nitrogens with zero attached hydrogens (tertiary/aromatic N) is 2. The van der Waals surface area contributed by atoms with Crippen molar-refractivity contribution in [2.45, 2.75) is 19.4 Å². The zero-order valence-electron chi connectivity index (χ0n) is 8.12. The first-order valence-corrected chi connectivity index (χ1v) is 4.35. The van der Waals surface area contributed by atoms with Gasteiger partial charge < -0.3 is 5.32 Å². The van der Waals surface area contributed by atoms with Crippen molar-refractivity contribution < 1.29 is 0 Å². The Hall–Kier alpha value is -1.22. The molecule has 13 heavy (non-hydrogen) atoms. The first kappa shape index (κ1) is 9.86. The average molecular weight is 177 g/mol. The molecule has 0 aliphatic rings. The minimum atomic E-state index is 0.249. The fraction of sp³-hybridized carbons (Fsp3) is 0.400. The predicted molar refractivity (Wildman–Crippen MR) is 53.4 cm³/mol. The number of aromatic nitrogens is 2. The monoisotopic (exact) mass is 177 g/mol. The topological polar surface area (TPSA) is 37.8 Å². The third-order valence-electron chi connectivity index (χ3n) is 1.91. The van der Waals surface area contributed by atoms with Crippen LogP contribution in [0.4, 0.5) is 0 Å². The van der Waals surface area contributed by atoms with E-state index in [0.717, 1.165) is 17.9 Å². The first-order valence-electron chi connectivity index (χ1n) is 4.35. The molecule has 1 aromatic rings. The molecule has 0 aliphatic heterocycles. The van der Waals surface area contributed by atoms with Crippen molar-refractivity contribution in [1.82, 2.24) is 15.3 Å². The zero-order chi connectivity index (χ0) is 9.68. The van der Waals surface area contributed by atoms with Crippen LogP contribution in [-0.2, 0) is 0 Å². The van der Waals surface area contributed by atoms with Gasteiger partial charge in [0.2, 0.25) is 0 Å². The van der Waals surface area contributed by atoms with E-state index in [1.165, 1.54) is 0 Å². The molecule has 0 spiro atoms. The molecular weight excluding hydrogens is 162 g/mol. The third kappa shape index (κ3) is 2.63. The zero-order valence-corrected chi connectivity index (χ0v) is 8.12. The maximum absolute atomic E-state index is 4.34. The van der Waals surface area contributed by atoms with Crippen LogP contribution in [0.3, 0.4) is 0 Å². The third-order valence-corrected chi connectivity index (χ3v) is 1.91. The molecule has 0 fully saturated rings. The van der Waals surface area contributed by atoms with E-state index in [9.17, 15) is 0 Å². The van der Waals surface area contributed by atoms with Gasteiger partial charge >= 0.3 is 0 Å². The summed E-state index contributed by atoms with van der Waals surface area (Å²) < 4.78 is 0. The van der Waals surface area contributed by atoms with Gasteiger partial charge in [0.05, 0.1) is 11.7 Å². The first-order chi connectivity index (χ1) is 6.27. The van der Waals surface area contributed by atoms with E-state index in [0.29, 0.717) is 0 Å². The Bertz CT molecular complexity index is 283. The average Bonchev–Trinajstić information content (AvgIpc) is 2.14. The summed E-state index contributed by atoms with van der Waals surface area (Å²) in [6, 6.07) is 2.18. The second kappa shape index (κ2) is 4.72. The van der Waals surface area contributed by atoms with Gasteiger partial charge in [-0.15, -0.1) is 6.58 Å². The summed E-state index contributed by atoms with van der Waals surface area (Å²) in [6.45, 7) is 5.61. The molecular formula is C10H15N3. The van der Waals surface area contributed by atoms with Gasteiger partial charge in [0.25, 0.3) is 0 Å². The normalized spacial score (nSPS) is 12.5. The highest BCUT2D eigenvalue weighted by molar-refractivity contribution is 5.08. The van der Waals surface area contributed by atoms with Gasteiger partial charge in [0.15, 0.2) is 0 Å². The number of rotatable bonds is 4. The number of nitrogens with one attached hydrogen (secondary N) is 1. The fourth-order valence-corrected chi connectivity index (χ4v) is 1.22. The molecule has 0 radical (unpaired) electrons. The van der Waals surface area contributed by atoms with Crippen molar-refractivity contribution in [3.05, 3.63) is 36.4 Å². The molecule has 3 nitrogen and oxygen atoms in total. The van der Waals surface area contributed by atoms with E-state index in [4.69, 9.17) is 0 Å². The molecule has 1 heterocycles. The van der Waals surface area contributed by atoms with Crippen molar-refractivity contribution in [2.75, 3.05) is 7.05 Å². The van der Waals surface area contributed by atoms with E-state index < -0.39 is 0 Å². The second-order valence-electron chi connectivity index (χ2n) is 2.89. The quantitative estimate of drug-likeness (QED) is 0.710. The van der Waals surface area contributed by atoms with Crippen LogP contribution in [0.2, 0.25) is 0 Å². The molecule has 1 aromatic heterocycles. The van der Waals surface area contributed by atoms with E-state index in [1.807, 2.05) is 26.1 Å². The molecule has 1 atom stereocenters. The Balaban J connectivity index is 2.84. The Morgan fingerprint density at radius 1 is 1.69 bits per heavy atom. The summed E-state index contributed by atoms with van der Waals surface area (Å²) in [5.74, 6) is 0.807. The van der Waals surface area contributed by atoms with Gasteiger partial charge in [-0.2, -0.15) is 0 Å². The molecule has 0 saturated heterocycles. The summed E-state index contributed by atoms with van der Waals surface area (Å²) >= 11 is 0. The van der Waals surface area contributed by atoms with Crippen molar-refractivity contribution in [1.29, 1.82) is 0 Å². The summed E-state index contributed by atoms with van der Waals surface area (Å²) in [5, 5.41) is 3.18. The molecule has 1 unspecified atom stereocenters. The molecule has 70 valence electrons. The standard InChI is InChI=1S/C10H15N3/c1-4-5-9(11-3)10-6-7-12-8(2)13-10/h4,6-7,9,11H,1,5H2,2-3H3. The van der Waals surface area contributed by atoms with Crippen molar-refractivity contribution >= 4 is 0 Å². The molecule has 0 amide bonds. The minimum Gasteiger partial charge on any atom is -0.311 e. The van der Waals surface area contributed by atoms with Gasteiger partial charge in [0.1, 0.15) is 5.82 Å². The lowest BCUT2D eigenvalue weighted by Crippen LogP contribution is -2.17. The van der Waals surface area contributed by atoms with Gasteiger partial charge in [-0.05, 0) is 26.5 Å². The van der Waals surface area contributed by atoms with Crippen molar-refractivity contribution in [3.63, 3.8) is 0 Å². The Morgan fingerprint density at radius 2 is 2.46 bits per heavy atom. The van der Waals surface area contributed by atoms with Gasteiger partial charge in [-0.25, -0.2) is 9.97 Å². The van der Waals surface area contributed by atoms with Crippen LogP contribution in [0, 0.1) is 6.92 Å². The van der Waals surface area contributed by atoms with Crippen LogP contribution in [0.25, 0.3) is 0 Å². The van der Waals surface area contributed by atoms with Gasteiger partial charge in [-0.1, -0.05) is 6.08 Å². The molecule has 3 heteroatoms. The molecule has 0 aliphatic carbocycles. The molecule has 0 aromatic carbocycles. The van der Waals surface area contributed by atoms with Gasteiger partial charge in [0, 0.05) is 6.20 Å². The highest BCUT2D eigenvalue weighted by Gasteiger charge is 2.08. The number of hydrogen-bond acceptors (Lipinski definition) is 3.